The van der Waals surface area contributed by atoms with Gasteiger partial charge in [-0.25, -0.2) is 46.9 Å². The number of aliphatic hydroxyl groups excluding tert-OH is 7. The molecule has 15 aromatic rings. The second-order valence-corrected chi connectivity index (χ2v) is 36.6. The van der Waals surface area contributed by atoms with Gasteiger partial charge in [0, 0.05) is 94.1 Å². The number of hydrogen-bond acceptors (Lipinski definition) is 28. The highest BCUT2D eigenvalue weighted by molar-refractivity contribution is 14.1. The van der Waals surface area contributed by atoms with Crippen LogP contribution in [-0.2, 0) is 61.4 Å². The van der Waals surface area contributed by atoms with Crippen molar-refractivity contribution >= 4 is 225 Å². The van der Waals surface area contributed by atoms with E-state index in [2.05, 4.69) is 51.5 Å². The molecule has 0 aliphatic heterocycles. The predicted molar refractivity (Wildman–Crippen MR) is 545 cm³/mol. The van der Waals surface area contributed by atoms with E-state index in [4.69, 9.17) is 30.4 Å². The van der Waals surface area contributed by atoms with E-state index in [1.54, 1.807) is 71.0 Å². The Kier molecular flexibility index (Phi) is 35.1. The van der Waals surface area contributed by atoms with Gasteiger partial charge in [0.15, 0.2) is 0 Å². The molecule has 48 heteroatoms. The Morgan fingerprint density at radius 1 is 0.324 bits per heavy atom. The lowest BCUT2D eigenvalue weighted by Crippen LogP contribution is -2.32. The summed E-state index contributed by atoms with van der Waals surface area (Å²) >= 11 is 9.93. The maximum Gasteiger partial charge on any atom is 0.297 e. The SMILES string of the molecule is Cc1c(=O)n(C)c(Nc2ccc(I)cc2F)c2c(=O)n(CCCO)cnc12.Cc1c(=O)n(C)c(Nc2ccc(I)cc2F)c2c(=O)n(CCO)cnc12.Cc1c(=O)n(C)c(Nc2ccc(I)cc2F)c2c(=O)n(C[C@@H](O)CO)cnc12.Cc1c(=O)n(C)c(Nc2ccc(I)cc2F)c2c(=O)n(C[C@H](O)CO)cnc12.Cc1c(=O)n(C)c(Nc2ccc(I)cc2F)c2c(=O)n(OCCO)cnc12. The van der Waals surface area contributed by atoms with Crippen LogP contribution in [0.1, 0.15) is 34.2 Å². The van der Waals surface area contributed by atoms with Crippen molar-refractivity contribution in [3.63, 3.8) is 0 Å². The monoisotopic (exact) mass is 2440 g/mol. The zero-order chi connectivity index (χ0) is 99.6. The number of nitrogens with one attached hydrogen (secondary N) is 5. The van der Waals surface area contributed by atoms with Gasteiger partial charge >= 0.3 is 0 Å². The van der Waals surface area contributed by atoms with Gasteiger partial charge in [0.05, 0.1) is 140 Å². The van der Waals surface area contributed by atoms with Gasteiger partial charge < -0.3 is 67.2 Å². The largest absolute Gasteiger partial charge is 0.407 e. The molecule has 0 saturated heterocycles. The smallest absolute Gasteiger partial charge is 0.297 e. The van der Waals surface area contributed by atoms with Gasteiger partial charge in [0.2, 0.25) is 0 Å². The third-order valence-electron chi connectivity index (χ3n) is 21.2. The number of anilines is 10. The maximum atomic E-state index is 14.3. The van der Waals surface area contributed by atoms with Gasteiger partial charge in [-0.3, -0.25) is 89.0 Å². The van der Waals surface area contributed by atoms with E-state index in [9.17, 15) is 80.1 Å². The highest BCUT2D eigenvalue weighted by Crippen LogP contribution is 2.33. The molecule has 0 bridgehead atoms. The third-order valence-corrected chi connectivity index (χ3v) is 24.6. The first-order valence-corrected chi connectivity index (χ1v) is 46.0. The van der Waals surface area contributed by atoms with E-state index in [0.717, 1.165) is 27.3 Å². The second kappa shape index (κ2) is 45.6. The molecule has 10 heterocycles. The van der Waals surface area contributed by atoms with Crippen molar-refractivity contribution in [2.24, 2.45) is 35.2 Å². The number of nitrogens with zero attached hydrogens (tertiary/aromatic N) is 15. The zero-order valence-corrected chi connectivity index (χ0v) is 84.4. The van der Waals surface area contributed by atoms with Gasteiger partial charge in [-0.2, -0.15) is 0 Å². The molecule has 0 aliphatic carbocycles. The molecule has 136 heavy (non-hydrogen) atoms. The van der Waals surface area contributed by atoms with E-state index in [1.807, 2.05) is 113 Å². The topological polar surface area (TPSA) is 495 Å². The van der Waals surface area contributed by atoms with Crippen molar-refractivity contribution in [3.05, 3.63) is 301 Å². The minimum absolute atomic E-state index is 0.0598. The van der Waals surface area contributed by atoms with Crippen molar-refractivity contribution in [3.8, 4) is 0 Å². The fraction of sp³-hybridized carbons (Fsp3) is 0.261. The van der Waals surface area contributed by atoms with E-state index >= 15 is 0 Å². The number of fused-ring (bicyclic) bond motifs is 5. The van der Waals surface area contributed by atoms with Crippen LogP contribution in [0.4, 0.5) is 79.5 Å². The Hall–Kier alpha value is -11.6. The molecule has 10 aromatic heterocycles. The summed E-state index contributed by atoms with van der Waals surface area (Å²) in [6.45, 7) is 6.17. The lowest BCUT2D eigenvalue weighted by atomic mass is 10.2. The van der Waals surface area contributed by atoms with Gasteiger partial charge in [0.25, 0.3) is 55.6 Å². The van der Waals surface area contributed by atoms with Crippen molar-refractivity contribution in [1.29, 1.82) is 0 Å². The Labute approximate surface area is 832 Å². The van der Waals surface area contributed by atoms with Crippen LogP contribution in [0.15, 0.2) is 171 Å². The van der Waals surface area contributed by atoms with Crippen LogP contribution in [0.5, 0.6) is 0 Å². The number of aryl methyl sites for hydroxylation is 6. The van der Waals surface area contributed by atoms with E-state index in [1.165, 1.54) is 147 Å². The fourth-order valence-electron chi connectivity index (χ4n) is 14.0. The van der Waals surface area contributed by atoms with Crippen LogP contribution in [0.3, 0.4) is 0 Å². The Morgan fingerprint density at radius 2 is 0.559 bits per heavy atom. The highest BCUT2D eigenvalue weighted by Gasteiger charge is 2.27. The molecular formula is C88H86F5I5N20O18. The first-order chi connectivity index (χ1) is 64.5. The molecule has 0 amide bonds. The van der Waals surface area contributed by atoms with Gasteiger partial charge in [-0.05, 0) is 245 Å². The van der Waals surface area contributed by atoms with E-state index in [0.29, 0.717) is 28.3 Å². The van der Waals surface area contributed by atoms with Gasteiger partial charge in [-0.15, -0.1) is 4.73 Å². The molecule has 0 unspecified atom stereocenters. The normalized spacial score (nSPS) is 11.6. The van der Waals surface area contributed by atoms with Crippen LogP contribution >= 0.6 is 113 Å². The van der Waals surface area contributed by atoms with Crippen molar-refractivity contribution in [2.45, 2.75) is 79.4 Å². The summed E-state index contributed by atoms with van der Waals surface area (Å²) in [4.78, 5) is 154. The summed E-state index contributed by atoms with van der Waals surface area (Å²) in [7, 11) is 7.45. The summed E-state index contributed by atoms with van der Waals surface area (Å²) in [5.41, 5.74) is -0.966. The van der Waals surface area contributed by atoms with Crippen molar-refractivity contribution < 1.29 is 62.5 Å². The lowest BCUT2D eigenvalue weighted by molar-refractivity contribution is 0.0683. The fourth-order valence-corrected chi connectivity index (χ4v) is 16.3. The summed E-state index contributed by atoms with van der Waals surface area (Å²) in [6, 6.07) is 22.8. The number of pyridine rings is 5. The lowest BCUT2D eigenvalue weighted by Gasteiger charge is -2.17. The summed E-state index contributed by atoms with van der Waals surface area (Å²) in [5, 5.41) is 79.3. The Morgan fingerprint density at radius 3 is 0.794 bits per heavy atom. The first-order valence-electron chi connectivity index (χ1n) is 40.6. The minimum atomic E-state index is -1.14. The molecule has 38 nitrogen and oxygen atoms in total. The molecule has 0 spiro atoms. The first kappa shape index (κ1) is 105. The minimum Gasteiger partial charge on any atom is -0.407 e. The summed E-state index contributed by atoms with van der Waals surface area (Å²) < 4.78 is 87.1. The molecule has 0 radical (unpaired) electrons. The average molecular weight is 2440 g/mol. The number of hydrogen-bond donors (Lipinski definition) is 12. The van der Waals surface area contributed by atoms with Crippen LogP contribution in [0, 0.1) is 81.6 Å². The van der Waals surface area contributed by atoms with E-state index < -0.39 is 76.7 Å². The molecule has 0 fully saturated rings. The molecule has 12 N–H and O–H groups in total. The summed E-state index contributed by atoms with van der Waals surface area (Å²) in [6.07, 6.45) is 4.33. The number of halogens is 10. The van der Waals surface area contributed by atoms with Gasteiger partial charge in [-0.1, -0.05) is 0 Å². The maximum absolute atomic E-state index is 14.3. The second-order valence-electron chi connectivity index (χ2n) is 30.3. The van der Waals surface area contributed by atoms with Crippen molar-refractivity contribution in [1.82, 2.24) is 70.8 Å². The molecule has 15 rings (SSSR count). The van der Waals surface area contributed by atoms with Crippen LogP contribution < -0.4 is 87.0 Å². The summed E-state index contributed by atoms with van der Waals surface area (Å²) in [5.74, 6) is -1.97. The molecule has 716 valence electrons. The Bertz CT molecular complexity index is 7500. The molecule has 0 aliphatic rings. The standard InChI is InChI=1S/2C18H18FIN4O4.C18H18FIN4O3.C17H16FIN4O4.C17H16FIN4O3/c2*1-9-15-14(18(28)24(8-21-15)6-11(26)7-25)16(23(2)17(9)27)22-13-4-3-10(20)5-12(13)19;1-10-15-14(18(27)24(9-21-15)6-3-7-25)16(23(2)17(10)26)22-13-5-4-11(20)8-12(13)19;1-9-14-13(17(26)23(8-20-14)27-6-5-24)15(22(2)16(9)25)21-12-4-3-10(19)7-11(12)18;1-9-14-13(17(26)23(5-6-24)8-20-14)15(22(2)16(9)25)21-12-4-3-10(19)7-11(12)18/h2*3-5,8,11,22,25-26H,6-7H2,1-2H3;4-5,8-9,22,25H,3,6-7H2,1-2H3;3-4,7-8,21,24H,5-6H2,1-2H3;3-4,7-8,21,24H,5-6H2,1-2H3/t2*11-;;;/m10.../s1. The van der Waals surface area contributed by atoms with Crippen molar-refractivity contribution in [2.75, 3.05) is 66.2 Å². The zero-order valence-electron chi connectivity index (χ0n) is 73.6. The van der Waals surface area contributed by atoms with Crippen LogP contribution in [0.25, 0.3) is 54.5 Å². The predicted octanol–water partition coefficient (Wildman–Crippen LogP) is 7.96. The molecule has 2 atom stereocenters. The highest BCUT2D eigenvalue weighted by atomic mass is 127. The molecule has 0 saturated carbocycles. The molecular weight excluding hydrogens is 2350 g/mol. The number of aliphatic hydroxyl groups is 7. The third kappa shape index (κ3) is 22.8. The van der Waals surface area contributed by atoms with Crippen LogP contribution in [0.2, 0.25) is 0 Å². The molecule has 5 aromatic carbocycles. The number of rotatable bonds is 24. The van der Waals surface area contributed by atoms with E-state index in [-0.39, 0.29) is 215 Å². The average Bonchev–Trinajstić information content (AvgIpc) is 0.771. The Balaban J connectivity index is 0.000000163. The quantitative estimate of drug-likeness (QED) is 0.0201. The number of aromatic nitrogens is 15. The van der Waals surface area contributed by atoms with Gasteiger partial charge in [0.1, 0.15) is 98.0 Å². The number of benzene rings is 5. The van der Waals surface area contributed by atoms with Crippen LogP contribution in [-0.4, -0.2) is 158 Å².